The number of anilines is 1. The number of nitrogens with one attached hydrogen (secondary N) is 1. The summed E-state index contributed by atoms with van der Waals surface area (Å²) in [6, 6.07) is 12.7. The van der Waals surface area contributed by atoms with Crippen LogP contribution in [0.3, 0.4) is 0 Å². The Labute approximate surface area is 209 Å². The van der Waals surface area contributed by atoms with E-state index >= 15 is 0 Å². The average molecular weight is 508 g/mol. The van der Waals surface area contributed by atoms with Gasteiger partial charge in [0.15, 0.2) is 0 Å². The zero-order chi connectivity index (χ0) is 24.4. The molecule has 0 bridgehead atoms. The first-order chi connectivity index (χ1) is 16.8. The number of benzene rings is 2. The molecule has 0 radical (unpaired) electrons. The fourth-order valence-electron chi connectivity index (χ4n) is 4.47. The second-order valence-corrected chi connectivity index (χ2v) is 9.60. The third kappa shape index (κ3) is 3.61. The standard InChI is InChI=1S/C25H19Cl2N5O3/c1-31-20-8-5-13(22-29-25(30-35-22)28-21(33)12-3-4-12)9-16(20)17-11-18(24(34)32(2)23(17)31)15-7-6-14(26)10-19(15)27/h5-12H,3-4H2,1-2H3,(H,28,30,33). The molecule has 0 atom stereocenters. The molecule has 1 aliphatic rings. The first-order valence-electron chi connectivity index (χ1n) is 11.0. The average Bonchev–Trinajstić information content (AvgIpc) is 3.53. The third-order valence-corrected chi connectivity index (χ3v) is 6.97. The van der Waals surface area contributed by atoms with Crippen molar-refractivity contribution in [1.29, 1.82) is 0 Å². The molecule has 2 aromatic carbocycles. The summed E-state index contributed by atoms with van der Waals surface area (Å²) in [5.41, 5.74) is 3.31. The molecule has 3 heterocycles. The van der Waals surface area contributed by atoms with Gasteiger partial charge < -0.3 is 9.09 Å². The fourth-order valence-corrected chi connectivity index (χ4v) is 4.98. The van der Waals surface area contributed by atoms with Crippen LogP contribution in [0.15, 0.2) is 51.8 Å². The molecular formula is C25H19Cl2N5O3. The van der Waals surface area contributed by atoms with Crippen LogP contribution in [0.2, 0.25) is 10.0 Å². The van der Waals surface area contributed by atoms with Gasteiger partial charge in [0.05, 0.1) is 10.5 Å². The molecule has 176 valence electrons. The van der Waals surface area contributed by atoms with E-state index in [1.165, 1.54) is 0 Å². The second-order valence-electron chi connectivity index (χ2n) is 8.76. The number of nitrogens with zero attached hydrogens (tertiary/aromatic N) is 4. The topological polar surface area (TPSA) is 94.9 Å². The maximum Gasteiger partial charge on any atom is 0.270 e. The summed E-state index contributed by atoms with van der Waals surface area (Å²) in [4.78, 5) is 29.6. The highest BCUT2D eigenvalue weighted by atomic mass is 35.5. The highest BCUT2D eigenvalue weighted by Gasteiger charge is 2.30. The van der Waals surface area contributed by atoms with Crippen molar-refractivity contribution in [3.8, 4) is 22.6 Å². The summed E-state index contributed by atoms with van der Waals surface area (Å²) in [7, 11) is 3.65. The maximum atomic E-state index is 13.3. The van der Waals surface area contributed by atoms with Crippen LogP contribution in [-0.2, 0) is 18.9 Å². The van der Waals surface area contributed by atoms with Crippen LogP contribution >= 0.6 is 23.2 Å². The summed E-state index contributed by atoms with van der Waals surface area (Å²) < 4.78 is 9.00. The van der Waals surface area contributed by atoms with Crippen LogP contribution in [0.4, 0.5) is 5.95 Å². The van der Waals surface area contributed by atoms with Crippen molar-refractivity contribution in [3.63, 3.8) is 0 Å². The Bertz CT molecular complexity index is 1730. The van der Waals surface area contributed by atoms with Crippen LogP contribution in [0.5, 0.6) is 0 Å². The number of carbonyl (C=O) groups excluding carboxylic acids is 1. The van der Waals surface area contributed by atoms with Crippen LogP contribution in [-0.4, -0.2) is 25.2 Å². The number of rotatable bonds is 4. The van der Waals surface area contributed by atoms with E-state index < -0.39 is 0 Å². The van der Waals surface area contributed by atoms with Gasteiger partial charge in [0.1, 0.15) is 5.65 Å². The summed E-state index contributed by atoms with van der Waals surface area (Å²) in [5.74, 6) is 0.396. The second kappa shape index (κ2) is 7.96. The number of halogens is 2. The van der Waals surface area contributed by atoms with E-state index in [4.69, 9.17) is 27.7 Å². The molecule has 0 saturated heterocycles. The minimum Gasteiger partial charge on any atom is -0.332 e. The Morgan fingerprint density at radius 2 is 1.83 bits per heavy atom. The molecule has 35 heavy (non-hydrogen) atoms. The normalized spacial score (nSPS) is 13.6. The van der Waals surface area contributed by atoms with E-state index in [1.54, 1.807) is 29.8 Å². The van der Waals surface area contributed by atoms with Crippen LogP contribution in [0.25, 0.3) is 44.5 Å². The molecule has 0 aliphatic heterocycles. The molecule has 5 aromatic rings. The molecule has 8 nitrogen and oxygen atoms in total. The van der Waals surface area contributed by atoms with Crippen molar-refractivity contribution in [3.05, 3.63) is 62.9 Å². The molecule has 0 spiro atoms. The van der Waals surface area contributed by atoms with E-state index in [0.717, 1.165) is 34.8 Å². The highest BCUT2D eigenvalue weighted by molar-refractivity contribution is 6.36. The summed E-state index contributed by atoms with van der Waals surface area (Å²) in [6.45, 7) is 0. The number of carbonyl (C=O) groups is 1. The molecule has 1 saturated carbocycles. The van der Waals surface area contributed by atoms with Crippen molar-refractivity contribution in [2.45, 2.75) is 12.8 Å². The van der Waals surface area contributed by atoms with Gasteiger partial charge in [-0.05, 0) is 54.4 Å². The molecule has 1 amide bonds. The number of hydrogen-bond donors (Lipinski definition) is 1. The number of aryl methyl sites for hydroxylation is 2. The van der Waals surface area contributed by atoms with Crippen LogP contribution in [0.1, 0.15) is 12.8 Å². The first-order valence-corrected chi connectivity index (χ1v) is 11.8. The summed E-state index contributed by atoms with van der Waals surface area (Å²) in [5, 5.41) is 9.27. The molecule has 1 aliphatic carbocycles. The van der Waals surface area contributed by atoms with Gasteiger partial charge in [-0.2, -0.15) is 4.98 Å². The number of pyridine rings is 1. The van der Waals surface area contributed by atoms with Gasteiger partial charge in [-0.1, -0.05) is 29.3 Å². The third-order valence-electron chi connectivity index (χ3n) is 6.43. The van der Waals surface area contributed by atoms with E-state index in [9.17, 15) is 9.59 Å². The van der Waals surface area contributed by atoms with E-state index in [1.807, 2.05) is 35.9 Å². The zero-order valence-electron chi connectivity index (χ0n) is 18.8. The molecule has 3 aromatic heterocycles. The van der Waals surface area contributed by atoms with Gasteiger partial charge in [-0.25, -0.2) is 0 Å². The number of aromatic nitrogens is 4. The lowest BCUT2D eigenvalue weighted by Gasteiger charge is -2.09. The van der Waals surface area contributed by atoms with E-state index in [-0.39, 0.29) is 23.3 Å². The Hall–Kier alpha value is -3.62. The highest BCUT2D eigenvalue weighted by Crippen LogP contribution is 2.35. The van der Waals surface area contributed by atoms with Crippen molar-refractivity contribution >= 4 is 57.0 Å². The van der Waals surface area contributed by atoms with Crippen molar-refractivity contribution in [2.24, 2.45) is 20.0 Å². The Kier molecular flexibility index (Phi) is 4.98. The monoisotopic (exact) mass is 507 g/mol. The Morgan fingerprint density at radius 1 is 1.03 bits per heavy atom. The van der Waals surface area contributed by atoms with Crippen molar-refractivity contribution in [1.82, 2.24) is 19.3 Å². The van der Waals surface area contributed by atoms with E-state index in [0.29, 0.717) is 32.6 Å². The molecule has 6 rings (SSSR count). The lowest BCUT2D eigenvalue weighted by Crippen LogP contribution is -2.20. The first kappa shape index (κ1) is 21.9. The molecular weight excluding hydrogens is 489 g/mol. The maximum absolute atomic E-state index is 13.3. The van der Waals surface area contributed by atoms with Crippen LogP contribution in [0, 0.1) is 5.92 Å². The molecule has 1 fully saturated rings. The minimum atomic E-state index is -0.166. The molecule has 1 N–H and O–H groups in total. The largest absolute Gasteiger partial charge is 0.332 e. The number of hydrogen-bond acceptors (Lipinski definition) is 5. The number of amides is 1. The van der Waals surface area contributed by atoms with Gasteiger partial charge >= 0.3 is 0 Å². The van der Waals surface area contributed by atoms with Gasteiger partial charge in [0.2, 0.25) is 5.91 Å². The summed E-state index contributed by atoms with van der Waals surface area (Å²) in [6.07, 6.45) is 1.78. The van der Waals surface area contributed by atoms with E-state index in [2.05, 4.69) is 15.5 Å². The lowest BCUT2D eigenvalue weighted by atomic mass is 10.0. The predicted octanol–water partition coefficient (Wildman–Crippen LogP) is 5.40. The SMILES string of the molecule is Cn1c(=O)c(-c2ccc(Cl)cc2Cl)cc2c3cc(-c4nc(NC(=O)C5CC5)no4)ccc3n(C)c21. The van der Waals surface area contributed by atoms with Gasteiger partial charge in [-0.3, -0.25) is 19.5 Å². The Balaban J connectivity index is 1.50. The fraction of sp³-hybridized carbons (Fsp3) is 0.200. The molecule has 10 heteroatoms. The number of fused-ring (bicyclic) bond motifs is 3. The van der Waals surface area contributed by atoms with Gasteiger partial charge in [0, 0.05) is 52.5 Å². The summed E-state index contributed by atoms with van der Waals surface area (Å²) >= 11 is 12.5. The minimum absolute atomic E-state index is 0.0407. The smallest absolute Gasteiger partial charge is 0.270 e. The quantitative estimate of drug-likeness (QED) is 0.351. The molecule has 0 unspecified atom stereocenters. The van der Waals surface area contributed by atoms with Crippen molar-refractivity contribution in [2.75, 3.05) is 5.32 Å². The van der Waals surface area contributed by atoms with Crippen molar-refractivity contribution < 1.29 is 9.32 Å². The Morgan fingerprint density at radius 3 is 2.57 bits per heavy atom. The van der Waals surface area contributed by atoms with Gasteiger partial charge in [-0.15, -0.1) is 0 Å². The predicted molar refractivity (Wildman–Crippen MR) is 136 cm³/mol. The van der Waals surface area contributed by atoms with Gasteiger partial charge in [0.25, 0.3) is 17.4 Å². The lowest BCUT2D eigenvalue weighted by molar-refractivity contribution is -0.117. The zero-order valence-corrected chi connectivity index (χ0v) is 20.3. The van der Waals surface area contributed by atoms with Crippen LogP contribution < -0.4 is 10.9 Å².